The molecule has 0 aromatic carbocycles. The van der Waals surface area contributed by atoms with E-state index in [2.05, 4.69) is 32.7 Å². The Balaban J connectivity index is 0. The topological polar surface area (TPSA) is 67.8 Å². The number of aliphatic hydroxyl groups is 1. The molecule has 0 aliphatic rings. The molecule has 0 saturated carbocycles. The van der Waals surface area contributed by atoms with E-state index in [1.165, 1.54) is 25.7 Å². The molecule has 156 valence electrons. The molecule has 2 N–H and O–H groups in total. The van der Waals surface area contributed by atoms with Crippen LogP contribution in [0.2, 0.25) is 0 Å². The van der Waals surface area contributed by atoms with Crippen molar-refractivity contribution in [1.29, 1.82) is 0 Å². The molecule has 0 radical (unpaired) electrons. The van der Waals surface area contributed by atoms with E-state index >= 15 is 0 Å². The lowest BCUT2D eigenvalue weighted by atomic mass is 10.0. The van der Waals surface area contributed by atoms with Gasteiger partial charge in [-0.2, -0.15) is 0 Å². The molecule has 0 spiro atoms. The predicted molar refractivity (Wildman–Crippen MR) is 109 cm³/mol. The lowest BCUT2D eigenvalue weighted by molar-refractivity contribution is -0.144. The molecule has 0 aromatic rings. The van der Waals surface area contributed by atoms with Crippen LogP contribution < -0.4 is 5.32 Å². The van der Waals surface area contributed by atoms with Gasteiger partial charge in [0.2, 0.25) is 0 Å². The smallest absolute Gasteiger partial charge is 0.305 e. The first-order valence-electron chi connectivity index (χ1n) is 10.3. The number of rotatable bonds is 16. The minimum Gasteiger partial charge on any atom is -0.465 e. The van der Waals surface area contributed by atoms with Crippen molar-refractivity contribution in [3.05, 3.63) is 12.7 Å². The SMILES string of the molecule is C=CCOCC(O)CNCCCC.CCCCC(CC)COC(=O)CC. The van der Waals surface area contributed by atoms with Crippen LogP contribution in [0.3, 0.4) is 0 Å². The summed E-state index contributed by atoms with van der Waals surface area (Å²) in [7, 11) is 0. The molecular weight excluding hydrogens is 330 g/mol. The van der Waals surface area contributed by atoms with Gasteiger partial charge in [-0.05, 0) is 25.3 Å². The molecule has 0 aromatic heterocycles. The van der Waals surface area contributed by atoms with Gasteiger partial charge >= 0.3 is 5.97 Å². The molecule has 0 heterocycles. The van der Waals surface area contributed by atoms with E-state index in [0.717, 1.165) is 19.4 Å². The largest absolute Gasteiger partial charge is 0.465 e. The molecule has 0 rings (SSSR count). The van der Waals surface area contributed by atoms with Gasteiger partial charge < -0.3 is 19.9 Å². The monoisotopic (exact) mass is 373 g/mol. The Labute approximate surface area is 161 Å². The van der Waals surface area contributed by atoms with Gasteiger partial charge in [-0.15, -0.1) is 6.58 Å². The summed E-state index contributed by atoms with van der Waals surface area (Å²) in [6.07, 6.45) is 8.84. The Morgan fingerprint density at radius 2 is 1.85 bits per heavy atom. The maximum absolute atomic E-state index is 10.9. The molecule has 0 aliphatic carbocycles. The third-order valence-electron chi connectivity index (χ3n) is 3.94. The molecule has 2 atom stereocenters. The van der Waals surface area contributed by atoms with Crippen LogP contribution in [0.4, 0.5) is 0 Å². The fraction of sp³-hybridized carbons (Fsp3) is 0.857. The first-order chi connectivity index (χ1) is 12.5. The fourth-order valence-corrected chi connectivity index (χ4v) is 2.13. The fourth-order valence-electron chi connectivity index (χ4n) is 2.13. The molecule has 5 heteroatoms. The molecule has 26 heavy (non-hydrogen) atoms. The second-order valence-corrected chi connectivity index (χ2v) is 6.49. The van der Waals surface area contributed by atoms with Gasteiger partial charge in [0.1, 0.15) is 0 Å². The van der Waals surface area contributed by atoms with Crippen LogP contribution in [0.1, 0.15) is 72.6 Å². The summed E-state index contributed by atoms with van der Waals surface area (Å²) in [6.45, 7) is 14.9. The van der Waals surface area contributed by atoms with Gasteiger partial charge in [-0.1, -0.05) is 59.5 Å². The third kappa shape index (κ3) is 21.1. The zero-order valence-electron chi connectivity index (χ0n) is 17.6. The summed E-state index contributed by atoms with van der Waals surface area (Å²) < 4.78 is 10.2. The lowest BCUT2D eigenvalue weighted by Gasteiger charge is -2.13. The van der Waals surface area contributed by atoms with E-state index in [4.69, 9.17) is 9.47 Å². The molecule has 5 nitrogen and oxygen atoms in total. The summed E-state index contributed by atoms with van der Waals surface area (Å²) in [5.41, 5.74) is 0. The van der Waals surface area contributed by atoms with Crippen molar-refractivity contribution < 1.29 is 19.4 Å². The Bertz CT molecular complexity index is 310. The van der Waals surface area contributed by atoms with Crippen LogP contribution in [-0.2, 0) is 14.3 Å². The number of hydrogen-bond acceptors (Lipinski definition) is 5. The summed E-state index contributed by atoms with van der Waals surface area (Å²) in [5, 5.41) is 12.5. The highest BCUT2D eigenvalue weighted by atomic mass is 16.5. The van der Waals surface area contributed by atoms with Crippen LogP contribution in [0.5, 0.6) is 0 Å². The van der Waals surface area contributed by atoms with Crippen LogP contribution in [0.15, 0.2) is 12.7 Å². The Hall–Kier alpha value is -0.910. The highest BCUT2D eigenvalue weighted by molar-refractivity contribution is 5.68. The minimum atomic E-state index is -0.406. The Morgan fingerprint density at radius 3 is 2.38 bits per heavy atom. The first-order valence-corrected chi connectivity index (χ1v) is 10.3. The molecule has 2 unspecified atom stereocenters. The zero-order chi connectivity index (χ0) is 20.0. The zero-order valence-corrected chi connectivity index (χ0v) is 17.6. The van der Waals surface area contributed by atoms with Gasteiger partial charge in [0.25, 0.3) is 0 Å². The van der Waals surface area contributed by atoms with Gasteiger partial charge in [0.05, 0.1) is 25.9 Å². The first kappa shape index (κ1) is 27.3. The van der Waals surface area contributed by atoms with Crippen molar-refractivity contribution in [2.75, 3.05) is 32.9 Å². The van der Waals surface area contributed by atoms with Crippen molar-refractivity contribution in [3.63, 3.8) is 0 Å². The summed E-state index contributed by atoms with van der Waals surface area (Å²) in [6, 6.07) is 0. The van der Waals surface area contributed by atoms with Gasteiger partial charge in [0, 0.05) is 13.0 Å². The van der Waals surface area contributed by atoms with Gasteiger partial charge in [-0.25, -0.2) is 0 Å². The van der Waals surface area contributed by atoms with Crippen molar-refractivity contribution in [2.24, 2.45) is 5.92 Å². The van der Waals surface area contributed by atoms with Crippen LogP contribution in [-0.4, -0.2) is 50.1 Å². The van der Waals surface area contributed by atoms with Crippen LogP contribution in [0, 0.1) is 5.92 Å². The lowest BCUT2D eigenvalue weighted by Crippen LogP contribution is -2.31. The molecule has 0 fully saturated rings. The van der Waals surface area contributed by atoms with Crippen molar-refractivity contribution in [3.8, 4) is 0 Å². The molecule has 0 bridgehead atoms. The van der Waals surface area contributed by atoms with E-state index in [0.29, 0.717) is 38.7 Å². The van der Waals surface area contributed by atoms with Gasteiger partial charge in [0.15, 0.2) is 0 Å². The summed E-state index contributed by atoms with van der Waals surface area (Å²) >= 11 is 0. The second-order valence-electron chi connectivity index (χ2n) is 6.49. The number of esters is 1. The predicted octanol–water partition coefficient (Wildman–Crippen LogP) is 4.10. The highest BCUT2D eigenvalue weighted by Crippen LogP contribution is 2.12. The van der Waals surface area contributed by atoms with E-state index in [1.54, 1.807) is 6.08 Å². The van der Waals surface area contributed by atoms with Crippen molar-refractivity contribution >= 4 is 5.97 Å². The van der Waals surface area contributed by atoms with E-state index in [9.17, 15) is 9.90 Å². The maximum Gasteiger partial charge on any atom is 0.305 e. The Morgan fingerprint density at radius 1 is 1.15 bits per heavy atom. The van der Waals surface area contributed by atoms with Crippen LogP contribution in [0.25, 0.3) is 0 Å². The number of carbonyl (C=O) groups is 1. The summed E-state index contributed by atoms with van der Waals surface area (Å²) in [5.74, 6) is 0.491. The molecule has 0 amide bonds. The molecule has 0 saturated heterocycles. The second kappa shape index (κ2) is 22.1. The molecule has 0 aliphatic heterocycles. The molecular formula is C21H43NO4. The van der Waals surface area contributed by atoms with Crippen molar-refractivity contribution in [2.45, 2.75) is 78.7 Å². The van der Waals surface area contributed by atoms with Crippen LogP contribution >= 0.6 is 0 Å². The average molecular weight is 374 g/mol. The third-order valence-corrected chi connectivity index (χ3v) is 3.94. The Kier molecular flexibility index (Phi) is 23.2. The number of carbonyl (C=O) groups excluding carboxylic acids is 1. The normalized spacial score (nSPS) is 12.7. The van der Waals surface area contributed by atoms with Crippen molar-refractivity contribution in [1.82, 2.24) is 5.32 Å². The van der Waals surface area contributed by atoms with E-state index in [1.807, 2.05) is 6.92 Å². The van der Waals surface area contributed by atoms with E-state index < -0.39 is 6.10 Å². The van der Waals surface area contributed by atoms with Gasteiger partial charge in [-0.3, -0.25) is 4.79 Å². The number of aliphatic hydroxyl groups excluding tert-OH is 1. The number of nitrogens with one attached hydrogen (secondary N) is 1. The average Bonchev–Trinajstić information content (AvgIpc) is 2.66. The number of ether oxygens (including phenoxy) is 2. The summed E-state index contributed by atoms with van der Waals surface area (Å²) in [4.78, 5) is 10.9. The highest BCUT2D eigenvalue weighted by Gasteiger charge is 2.08. The number of hydrogen-bond donors (Lipinski definition) is 2. The quantitative estimate of drug-likeness (QED) is 0.242. The van der Waals surface area contributed by atoms with E-state index in [-0.39, 0.29) is 5.97 Å². The standard InChI is InChI=1S/C11H22O2.C10H21NO2/c1-4-7-8-10(5-2)9-13-11(12)6-3;1-3-5-6-11-8-10(12)9-13-7-4-2/h10H,4-9H2,1-3H3;4,10-12H,2-3,5-9H2,1H3. The number of unbranched alkanes of at least 4 members (excludes halogenated alkanes) is 2. The minimum absolute atomic E-state index is 0.0741. The maximum atomic E-state index is 10.9.